The van der Waals surface area contributed by atoms with Crippen LogP contribution in [0.3, 0.4) is 0 Å². The molecule has 0 aliphatic carbocycles. The minimum atomic E-state index is -1.08. The minimum absolute atomic E-state index is 0.101. The van der Waals surface area contributed by atoms with Crippen LogP contribution >= 0.6 is 11.6 Å². The lowest BCUT2D eigenvalue weighted by Crippen LogP contribution is -2.47. The lowest BCUT2D eigenvalue weighted by molar-refractivity contribution is -0.132. The minimum Gasteiger partial charge on any atom is -0.611 e. The molecule has 3 aliphatic rings. The number of carbonyl (C=O) groups is 1. The average molecular weight is 475 g/mol. The Morgan fingerprint density at radius 3 is 2.53 bits per heavy atom. The van der Waals surface area contributed by atoms with Crippen LogP contribution in [0.1, 0.15) is 18.5 Å². The number of fused-ring (bicyclic) bond motifs is 1. The molecule has 2 atom stereocenters. The molecular formula is C22H27ClN6O2S. The first-order chi connectivity index (χ1) is 15.5. The van der Waals surface area contributed by atoms with Crippen LogP contribution < -0.4 is 15.1 Å². The zero-order valence-corrected chi connectivity index (χ0v) is 19.7. The first-order valence-electron chi connectivity index (χ1n) is 11.0. The van der Waals surface area contributed by atoms with Crippen molar-refractivity contribution in [3.8, 4) is 0 Å². The second kappa shape index (κ2) is 8.96. The highest BCUT2D eigenvalue weighted by Gasteiger charge is 2.35. The summed E-state index contributed by atoms with van der Waals surface area (Å²) < 4.78 is 12.7. The van der Waals surface area contributed by atoms with Crippen molar-refractivity contribution in [2.45, 2.75) is 30.2 Å². The molecule has 0 saturated carbocycles. The van der Waals surface area contributed by atoms with Gasteiger partial charge in [-0.25, -0.2) is 4.98 Å². The maximum absolute atomic E-state index is 12.7. The van der Waals surface area contributed by atoms with Crippen molar-refractivity contribution in [2.24, 2.45) is 0 Å². The second-order valence-electron chi connectivity index (χ2n) is 8.55. The summed E-state index contributed by atoms with van der Waals surface area (Å²) >= 11 is 4.94. The summed E-state index contributed by atoms with van der Waals surface area (Å²) in [7, 11) is 1.82. The molecule has 1 aromatic carbocycles. The Balaban J connectivity index is 1.33. The highest BCUT2D eigenvalue weighted by atomic mass is 35.5. The quantitative estimate of drug-likeness (QED) is 0.679. The Labute approximate surface area is 196 Å². The number of halogens is 1. The van der Waals surface area contributed by atoms with Gasteiger partial charge in [0.1, 0.15) is 11.4 Å². The van der Waals surface area contributed by atoms with Crippen LogP contribution in [-0.2, 0) is 22.4 Å². The van der Waals surface area contributed by atoms with Crippen molar-refractivity contribution in [1.82, 2.24) is 14.9 Å². The summed E-state index contributed by atoms with van der Waals surface area (Å²) in [6.07, 6.45) is 1.98. The van der Waals surface area contributed by atoms with E-state index in [2.05, 4.69) is 15.1 Å². The molecule has 10 heteroatoms. The number of anilines is 3. The van der Waals surface area contributed by atoms with E-state index in [9.17, 15) is 9.35 Å². The van der Waals surface area contributed by atoms with Crippen molar-refractivity contribution in [3.05, 3.63) is 35.0 Å². The van der Waals surface area contributed by atoms with Gasteiger partial charge in [0, 0.05) is 69.4 Å². The molecule has 0 radical (unpaired) electrons. The molecule has 1 N–H and O–H groups in total. The first-order valence-corrected chi connectivity index (χ1v) is 12.7. The smallest absolute Gasteiger partial charge is 0.228 e. The third-order valence-corrected chi connectivity index (χ3v) is 8.11. The van der Waals surface area contributed by atoms with Gasteiger partial charge < -0.3 is 24.6 Å². The molecule has 0 bridgehead atoms. The van der Waals surface area contributed by atoms with Crippen molar-refractivity contribution in [3.63, 3.8) is 0 Å². The van der Waals surface area contributed by atoms with Crippen LogP contribution in [0.25, 0.3) is 0 Å². The van der Waals surface area contributed by atoms with Gasteiger partial charge in [0.15, 0.2) is 5.82 Å². The van der Waals surface area contributed by atoms with E-state index in [-0.39, 0.29) is 11.9 Å². The van der Waals surface area contributed by atoms with Gasteiger partial charge in [-0.05, 0) is 41.9 Å². The topological polar surface area (TPSA) is 87.7 Å². The Bertz CT molecular complexity index is 999. The fourth-order valence-corrected chi connectivity index (χ4v) is 6.00. The van der Waals surface area contributed by atoms with Crippen LogP contribution in [0.5, 0.6) is 0 Å². The molecule has 8 nitrogen and oxygen atoms in total. The van der Waals surface area contributed by atoms with E-state index in [0.717, 1.165) is 53.9 Å². The van der Waals surface area contributed by atoms with Gasteiger partial charge in [0.2, 0.25) is 16.8 Å². The first kappa shape index (κ1) is 21.6. The summed E-state index contributed by atoms with van der Waals surface area (Å²) in [5.41, 5.74) is 2.05. The molecule has 5 rings (SSSR count). The molecule has 2 saturated heterocycles. The number of nitrogens with zero attached hydrogens (tertiary/aromatic N) is 5. The molecule has 1 aromatic heterocycles. The van der Waals surface area contributed by atoms with Crippen LogP contribution in [0.4, 0.5) is 17.5 Å². The average Bonchev–Trinajstić information content (AvgIpc) is 3.18. The number of piperazine rings is 1. The maximum Gasteiger partial charge on any atom is 0.228 e. The Kier molecular flexibility index (Phi) is 6.05. The number of aromatic nitrogens is 2. The zero-order valence-electron chi connectivity index (χ0n) is 18.1. The number of rotatable bonds is 4. The molecule has 170 valence electrons. The van der Waals surface area contributed by atoms with Gasteiger partial charge in [0.25, 0.3) is 0 Å². The van der Waals surface area contributed by atoms with E-state index in [0.29, 0.717) is 36.9 Å². The zero-order chi connectivity index (χ0) is 22.2. The van der Waals surface area contributed by atoms with Crippen molar-refractivity contribution >= 4 is 46.1 Å². The lowest BCUT2D eigenvalue weighted by atomic mass is 10.1. The van der Waals surface area contributed by atoms with E-state index < -0.39 is 11.2 Å². The molecule has 3 aliphatic heterocycles. The van der Waals surface area contributed by atoms with E-state index in [1.54, 1.807) is 4.90 Å². The number of hydrogen-bond donors (Lipinski definition) is 1. The molecule has 4 heterocycles. The number of hydrogen-bond acceptors (Lipinski definition) is 7. The van der Waals surface area contributed by atoms with E-state index >= 15 is 0 Å². The number of likely N-dealkylation sites (N-methyl/N-ethyl adjacent to an activating group) is 1. The summed E-state index contributed by atoms with van der Waals surface area (Å²) in [5.74, 6) is 2.13. The van der Waals surface area contributed by atoms with Gasteiger partial charge in [-0.1, -0.05) is 11.6 Å². The van der Waals surface area contributed by atoms with Gasteiger partial charge in [0.05, 0.1) is 0 Å². The maximum atomic E-state index is 12.7. The fourth-order valence-electron chi connectivity index (χ4n) is 4.56. The van der Waals surface area contributed by atoms with Gasteiger partial charge >= 0.3 is 0 Å². The number of nitrogens with one attached hydrogen (secondary N) is 1. The van der Waals surface area contributed by atoms with E-state index in [1.807, 2.05) is 31.3 Å². The molecule has 32 heavy (non-hydrogen) atoms. The summed E-state index contributed by atoms with van der Waals surface area (Å²) in [6, 6.07) is 8.03. The Morgan fingerprint density at radius 1 is 1.09 bits per heavy atom. The molecular weight excluding hydrogens is 448 g/mol. The van der Waals surface area contributed by atoms with E-state index in [1.165, 1.54) is 0 Å². The van der Waals surface area contributed by atoms with Gasteiger partial charge in [-0.2, -0.15) is 4.98 Å². The summed E-state index contributed by atoms with van der Waals surface area (Å²) in [4.78, 5) is 28.5. The highest BCUT2D eigenvalue weighted by molar-refractivity contribution is 7.91. The molecule has 2 aromatic rings. The monoisotopic (exact) mass is 474 g/mol. The largest absolute Gasteiger partial charge is 0.611 e. The second-order valence-corrected chi connectivity index (χ2v) is 10.5. The predicted octanol–water partition coefficient (Wildman–Crippen LogP) is 2.15. The van der Waals surface area contributed by atoms with Crippen LogP contribution in [0.2, 0.25) is 5.02 Å². The van der Waals surface area contributed by atoms with Crippen molar-refractivity contribution in [1.29, 1.82) is 0 Å². The number of likely N-dealkylation sites (tertiary alicyclic amines) is 1. The summed E-state index contributed by atoms with van der Waals surface area (Å²) in [5, 5.41) is 4.23. The molecule has 2 fully saturated rings. The number of amides is 1. The Hall–Kier alpha value is -2.23. The van der Waals surface area contributed by atoms with Crippen LogP contribution in [0.15, 0.2) is 29.2 Å². The Morgan fingerprint density at radius 2 is 1.81 bits per heavy atom. The lowest BCUT2D eigenvalue weighted by Gasteiger charge is -2.36. The van der Waals surface area contributed by atoms with Crippen LogP contribution in [0, 0.1) is 0 Å². The van der Waals surface area contributed by atoms with Crippen molar-refractivity contribution < 1.29 is 9.35 Å². The predicted molar refractivity (Wildman–Crippen MR) is 127 cm³/mol. The van der Waals surface area contributed by atoms with E-state index in [4.69, 9.17) is 21.6 Å². The van der Waals surface area contributed by atoms with Gasteiger partial charge in [-0.15, -0.1) is 0 Å². The molecule has 1 unspecified atom stereocenters. The normalized spacial score (nSPS) is 23.5. The molecule has 1 amide bonds. The third-order valence-electron chi connectivity index (χ3n) is 6.40. The number of carbonyl (C=O) groups excluding carboxylic acids is 1. The van der Waals surface area contributed by atoms with Crippen LogP contribution in [-0.4, -0.2) is 76.9 Å². The van der Waals surface area contributed by atoms with Gasteiger partial charge in [-0.3, -0.25) is 4.79 Å². The third kappa shape index (κ3) is 4.33. The van der Waals surface area contributed by atoms with Crippen molar-refractivity contribution in [2.75, 3.05) is 60.6 Å². The SMILES string of the molecule is CN1C[C@@H](Nc2nc(N3CCN(c4ccc(Cl)cc4)CC3)nc3c2[S+]([O-])CC3)CCC1=O. The number of aryl methyl sites for hydroxylation is 1. The standard InChI is InChI=1S/C22H27ClN6O2S/c1-27-14-16(4-7-19(27)30)24-21-20-18(8-13-32(20)31)25-22(26-21)29-11-9-28(10-12-29)17-5-2-15(23)3-6-17/h2-3,5-6,16H,4,7-14H2,1H3,(H,24,25,26)/t16-,32?/m0/s1. The number of piperidine rings is 1. The molecule has 0 spiro atoms. The highest BCUT2D eigenvalue weighted by Crippen LogP contribution is 2.33. The fraction of sp³-hybridized carbons (Fsp3) is 0.500. The summed E-state index contributed by atoms with van der Waals surface area (Å²) in [6.45, 7) is 3.98. The number of benzene rings is 1.